The van der Waals surface area contributed by atoms with Crippen molar-refractivity contribution in [2.24, 2.45) is 0 Å². The largest absolute Gasteiger partial charge is 0.473 e. The van der Waals surface area contributed by atoms with Crippen LogP contribution in [0.15, 0.2) is 79.4 Å². The fourth-order valence-corrected chi connectivity index (χ4v) is 4.88. The fourth-order valence-electron chi connectivity index (χ4n) is 4.88. The lowest BCUT2D eigenvalue weighted by Crippen LogP contribution is -2.57. The van der Waals surface area contributed by atoms with Gasteiger partial charge < -0.3 is 14.7 Å². The molecule has 0 saturated carbocycles. The minimum atomic E-state index is -1.67. The molecule has 2 aromatic carbocycles. The van der Waals surface area contributed by atoms with Crippen molar-refractivity contribution in [2.75, 3.05) is 31.1 Å². The Bertz CT molecular complexity index is 1330. The highest BCUT2D eigenvalue weighted by Gasteiger charge is 2.42. The van der Waals surface area contributed by atoms with Crippen molar-refractivity contribution in [3.05, 3.63) is 102 Å². The van der Waals surface area contributed by atoms with Crippen LogP contribution in [0.2, 0.25) is 0 Å². The lowest BCUT2D eigenvalue weighted by molar-refractivity contribution is -0.0650. The Kier molecular flexibility index (Phi) is 7.62. The summed E-state index contributed by atoms with van der Waals surface area (Å²) in [5.41, 5.74) is -0.579. The molecule has 0 aliphatic carbocycles. The molecular formula is C28H30F2N6O2. The second-order valence-electron chi connectivity index (χ2n) is 9.45. The Morgan fingerprint density at radius 1 is 1.00 bits per heavy atom. The third kappa shape index (κ3) is 5.66. The Labute approximate surface area is 220 Å². The lowest BCUT2D eigenvalue weighted by Gasteiger charge is -2.45. The first-order valence-electron chi connectivity index (χ1n) is 12.6. The van der Waals surface area contributed by atoms with Crippen LogP contribution in [0.3, 0.4) is 0 Å². The van der Waals surface area contributed by atoms with Crippen molar-refractivity contribution in [1.82, 2.24) is 24.6 Å². The third-order valence-corrected chi connectivity index (χ3v) is 7.08. The summed E-state index contributed by atoms with van der Waals surface area (Å²) in [5.74, 6) is -0.130. The fraction of sp³-hybridized carbons (Fsp3) is 0.321. The van der Waals surface area contributed by atoms with E-state index in [-0.39, 0.29) is 12.1 Å². The molecule has 0 radical (unpaired) electrons. The molecule has 0 bridgehead atoms. The number of hydrogen-bond acceptors (Lipinski definition) is 7. The number of aliphatic hydroxyl groups is 1. The molecule has 0 spiro atoms. The van der Waals surface area contributed by atoms with E-state index in [1.807, 2.05) is 55.5 Å². The Morgan fingerprint density at radius 3 is 2.50 bits per heavy atom. The van der Waals surface area contributed by atoms with E-state index in [9.17, 15) is 13.9 Å². The van der Waals surface area contributed by atoms with Gasteiger partial charge in [0.1, 0.15) is 42.3 Å². The van der Waals surface area contributed by atoms with Gasteiger partial charge in [-0.15, -0.1) is 0 Å². The monoisotopic (exact) mass is 520 g/mol. The topological polar surface area (TPSA) is 79.5 Å². The molecule has 3 heterocycles. The molecule has 1 N–H and O–H groups in total. The number of nitrogens with zero attached hydrogens (tertiary/aromatic N) is 6. The summed E-state index contributed by atoms with van der Waals surface area (Å²) in [6.07, 6.45) is 2.82. The van der Waals surface area contributed by atoms with Gasteiger partial charge in [0.2, 0.25) is 5.88 Å². The SMILES string of the molecule is CC(N1CCN(c2cccc(OCc3ccccc3)n2)CC1)C(O)(Cn1cncn1)c1ccc(F)cc1F. The van der Waals surface area contributed by atoms with Crippen LogP contribution in [0.1, 0.15) is 18.1 Å². The van der Waals surface area contributed by atoms with Crippen LogP contribution < -0.4 is 9.64 Å². The molecule has 2 atom stereocenters. The van der Waals surface area contributed by atoms with Gasteiger partial charge in [-0.3, -0.25) is 4.90 Å². The number of piperazine rings is 1. The zero-order valence-corrected chi connectivity index (χ0v) is 21.1. The van der Waals surface area contributed by atoms with E-state index in [4.69, 9.17) is 4.74 Å². The average Bonchev–Trinajstić information content (AvgIpc) is 3.45. The second kappa shape index (κ2) is 11.2. The first kappa shape index (κ1) is 25.7. The van der Waals surface area contributed by atoms with E-state index in [1.165, 1.54) is 23.4 Å². The Morgan fingerprint density at radius 2 is 1.79 bits per heavy atom. The van der Waals surface area contributed by atoms with Crippen molar-refractivity contribution in [3.63, 3.8) is 0 Å². The highest BCUT2D eigenvalue weighted by atomic mass is 19.1. The van der Waals surface area contributed by atoms with Gasteiger partial charge in [-0.1, -0.05) is 42.5 Å². The van der Waals surface area contributed by atoms with Crippen LogP contribution in [-0.4, -0.2) is 62.0 Å². The summed E-state index contributed by atoms with van der Waals surface area (Å²) in [4.78, 5) is 12.9. The molecule has 2 unspecified atom stereocenters. The molecule has 0 amide bonds. The molecule has 1 aliphatic rings. The number of halogens is 2. The summed E-state index contributed by atoms with van der Waals surface area (Å²) >= 11 is 0. The van der Waals surface area contributed by atoms with E-state index in [0.29, 0.717) is 38.7 Å². The van der Waals surface area contributed by atoms with Crippen molar-refractivity contribution >= 4 is 5.82 Å². The summed E-state index contributed by atoms with van der Waals surface area (Å²) in [6, 6.07) is 18.4. The summed E-state index contributed by atoms with van der Waals surface area (Å²) in [6.45, 7) is 4.80. The zero-order chi connectivity index (χ0) is 26.5. The molecule has 38 heavy (non-hydrogen) atoms. The molecule has 10 heteroatoms. The van der Waals surface area contributed by atoms with E-state index in [0.717, 1.165) is 23.5 Å². The van der Waals surface area contributed by atoms with Gasteiger partial charge in [0, 0.05) is 49.9 Å². The molecule has 1 saturated heterocycles. The maximum atomic E-state index is 14.9. The summed E-state index contributed by atoms with van der Waals surface area (Å²) in [7, 11) is 0. The van der Waals surface area contributed by atoms with Gasteiger partial charge in [0.25, 0.3) is 0 Å². The van der Waals surface area contributed by atoms with Crippen molar-refractivity contribution in [3.8, 4) is 5.88 Å². The number of anilines is 1. The van der Waals surface area contributed by atoms with E-state index in [2.05, 4.69) is 24.9 Å². The predicted octanol–water partition coefficient (Wildman–Crippen LogP) is 3.63. The van der Waals surface area contributed by atoms with Crippen molar-refractivity contribution in [1.29, 1.82) is 0 Å². The second-order valence-corrected chi connectivity index (χ2v) is 9.45. The zero-order valence-electron chi connectivity index (χ0n) is 21.1. The maximum absolute atomic E-state index is 14.9. The van der Waals surface area contributed by atoms with E-state index in [1.54, 1.807) is 0 Å². The van der Waals surface area contributed by atoms with Gasteiger partial charge in [0.15, 0.2) is 0 Å². The van der Waals surface area contributed by atoms with Crippen LogP contribution >= 0.6 is 0 Å². The number of hydrogen-bond donors (Lipinski definition) is 1. The molecule has 4 aromatic rings. The molecular weight excluding hydrogens is 490 g/mol. The molecule has 198 valence electrons. The lowest BCUT2D eigenvalue weighted by atomic mass is 9.85. The number of rotatable bonds is 9. The number of aromatic nitrogens is 4. The van der Waals surface area contributed by atoms with E-state index >= 15 is 0 Å². The number of ether oxygens (including phenoxy) is 1. The molecule has 8 nitrogen and oxygen atoms in total. The number of benzene rings is 2. The van der Waals surface area contributed by atoms with E-state index < -0.39 is 23.3 Å². The average molecular weight is 521 g/mol. The molecule has 1 aliphatic heterocycles. The van der Waals surface area contributed by atoms with Crippen LogP contribution in [0.5, 0.6) is 5.88 Å². The standard InChI is InChI=1S/C28H30F2N6O2/c1-21(28(37,18-36-20-31-19-32-36)24-11-10-23(29)16-25(24)30)34-12-14-35(15-13-34)26-8-5-9-27(33-26)38-17-22-6-3-2-4-7-22/h2-11,16,19-21,37H,12-15,17-18H2,1H3. The smallest absolute Gasteiger partial charge is 0.215 e. The highest BCUT2D eigenvalue weighted by Crippen LogP contribution is 2.33. The number of pyridine rings is 1. The predicted molar refractivity (Wildman–Crippen MR) is 139 cm³/mol. The van der Waals surface area contributed by atoms with Crippen LogP contribution in [0.4, 0.5) is 14.6 Å². The molecule has 1 fully saturated rings. The first-order chi connectivity index (χ1) is 18.4. The van der Waals surface area contributed by atoms with Crippen molar-refractivity contribution in [2.45, 2.75) is 31.7 Å². The van der Waals surface area contributed by atoms with Crippen LogP contribution in [0.25, 0.3) is 0 Å². The third-order valence-electron chi connectivity index (χ3n) is 7.08. The van der Waals surface area contributed by atoms with Gasteiger partial charge >= 0.3 is 0 Å². The van der Waals surface area contributed by atoms with Gasteiger partial charge in [-0.05, 0) is 24.6 Å². The summed E-state index contributed by atoms with van der Waals surface area (Å²) < 4.78 is 35.9. The van der Waals surface area contributed by atoms with Gasteiger partial charge in [0.05, 0.1) is 6.54 Å². The highest BCUT2D eigenvalue weighted by molar-refractivity contribution is 5.41. The molecule has 5 rings (SSSR count). The van der Waals surface area contributed by atoms with Crippen LogP contribution in [-0.2, 0) is 18.8 Å². The van der Waals surface area contributed by atoms with Crippen LogP contribution in [0, 0.1) is 11.6 Å². The van der Waals surface area contributed by atoms with Gasteiger partial charge in [-0.2, -0.15) is 10.1 Å². The maximum Gasteiger partial charge on any atom is 0.215 e. The minimum absolute atomic E-state index is 0.0225. The van der Waals surface area contributed by atoms with Gasteiger partial charge in [-0.25, -0.2) is 18.4 Å². The minimum Gasteiger partial charge on any atom is -0.473 e. The quantitative estimate of drug-likeness (QED) is 0.361. The first-order valence-corrected chi connectivity index (χ1v) is 12.6. The summed E-state index contributed by atoms with van der Waals surface area (Å²) in [5, 5.41) is 16.0. The Balaban J connectivity index is 1.28. The van der Waals surface area contributed by atoms with Crippen molar-refractivity contribution < 1.29 is 18.6 Å². The molecule has 2 aromatic heterocycles. The normalized spacial score (nSPS) is 16.7. The Hall–Kier alpha value is -3.89.